The molecule has 0 aromatic heterocycles. The predicted molar refractivity (Wildman–Crippen MR) is 519 cm³/mol. The maximum absolute atomic E-state index is 11.6. The Balaban J connectivity index is -0.000000782. The minimum absolute atomic E-state index is 0.0424. The van der Waals surface area contributed by atoms with Crippen LogP contribution >= 0.6 is 15.9 Å². The lowest BCUT2D eigenvalue weighted by molar-refractivity contribution is -0.180. The molecule has 0 bridgehead atoms. The molecule has 5 rings (SSSR count). The molecule has 0 aliphatic carbocycles. The molecule has 3 atom stereocenters. The summed E-state index contributed by atoms with van der Waals surface area (Å²) in [6, 6.07) is 0. The third-order valence-corrected chi connectivity index (χ3v) is 18.5. The molecule has 0 aromatic carbocycles. The summed E-state index contributed by atoms with van der Waals surface area (Å²) in [4.78, 5) is 209. The van der Waals surface area contributed by atoms with Crippen LogP contribution in [0.1, 0.15) is 337 Å². The fourth-order valence-corrected chi connectivity index (χ4v) is 12.5. The minimum atomic E-state index is -1.04. The van der Waals surface area contributed by atoms with Gasteiger partial charge in [-0.15, -0.1) is 0 Å². The molecule has 5 saturated heterocycles. The number of carbonyl (C=O) groups excluding carboxylic acids is 13. The van der Waals surface area contributed by atoms with Gasteiger partial charge in [0.05, 0.1) is 233 Å². The summed E-state index contributed by atoms with van der Waals surface area (Å²) in [6.45, 7) is 40.7. The number of ether oxygens (including phenoxy) is 20. The van der Waals surface area contributed by atoms with Gasteiger partial charge in [0.1, 0.15) is 24.3 Å². The van der Waals surface area contributed by atoms with Crippen LogP contribution in [0.4, 0.5) is 0 Å². The van der Waals surface area contributed by atoms with Crippen LogP contribution in [0.3, 0.4) is 0 Å². The van der Waals surface area contributed by atoms with Crippen LogP contribution < -0.4 is 0 Å². The molecule has 3 unspecified atom stereocenters. The highest BCUT2D eigenvalue weighted by Gasteiger charge is 2.43. The number of carboxylic acids is 6. The number of hydrogen-bond donors (Lipinski definition) is 6. The Hall–Kier alpha value is -9.05. The zero-order valence-electron chi connectivity index (χ0n) is 88.2. The van der Waals surface area contributed by atoms with E-state index in [9.17, 15) is 91.1 Å². The molecule has 144 heavy (non-hydrogen) atoms. The second kappa shape index (κ2) is 81.0. The smallest absolute Gasteiger partial charge is 0.355 e. The Morgan fingerprint density at radius 1 is 0.236 bits per heavy atom. The van der Waals surface area contributed by atoms with Crippen LogP contribution in [-0.4, -0.2) is 301 Å². The summed E-state index contributed by atoms with van der Waals surface area (Å²) in [5.41, 5.74) is 0. The molecule has 830 valence electrons. The van der Waals surface area contributed by atoms with E-state index in [1.54, 1.807) is 132 Å². The van der Waals surface area contributed by atoms with Crippen LogP contribution in [0.5, 0.6) is 0 Å². The van der Waals surface area contributed by atoms with Crippen LogP contribution in [0.2, 0.25) is 0 Å². The standard InChI is InChI=1S/2C15H26O6.2C13H22O5.C12H20O6.C12H18O6.C9H14O6.C7H10O5.H2P2S/c2*1-11(2)20-13(16)5-7-15(18-9-10-19-15)8-6-14(17)21-12(3)4;2*1-9(2)17-12(15)7-5-11(14)6-8-13(16)18-10(3)4;2*1-9(2)18-11(15)4-6-12(5-3-10(13)14)16-7-8-17-12;10-7(11)1-3-9(4-2-8(12)13)14-5-6-15-9;8-5(1-3-6(9)10)2-4-7(11)12;1-2-3/h2*11-12H,5-10H2,1-4H3;2*9-10H,5-8H2,1-4H3;9H,3-8H2,1-2H3,(H,13,14);9H,1,3-8H2,2H3;1-6H2,(H,10,11)(H,12,13);1-4H2,(H,9,10)(H,11,12);1H2/p+2/i/hT. The molecule has 0 saturated carbocycles. The van der Waals surface area contributed by atoms with Gasteiger partial charge in [0, 0.05) is 110 Å². The van der Waals surface area contributed by atoms with Crippen molar-refractivity contribution in [1.82, 2.24) is 0 Å². The van der Waals surface area contributed by atoms with E-state index < -0.39 is 77.8 Å². The monoisotopic (exact) mass is 2130 g/mol. The summed E-state index contributed by atoms with van der Waals surface area (Å²) in [5.74, 6) is -14.4. The van der Waals surface area contributed by atoms with E-state index in [0.717, 1.165) is 0 Å². The lowest BCUT2D eigenvalue weighted by atomic mass is 10.0. The highest BCUT2D eigenvalue weighted by Crippen LogP contribution is 2.35. The highest BCUT2D eigenvalue weighted by atomic mass is 32.6. The first-order valence-electron chi connectivity index (χ1n) is 48.6. The zero-order chi connectivity index (χ0) is 112. The normalized spacial score (nSPS) is 15.4. The second-order valence-electron chi connectivity index (χ2n) is 35.3. The maximum atomic E-state index is 11.6. The van der Waals surface area contributed by atoms with Gasteiger partial charge in [-0.2, -0.15) is 0 Å². The van der Waals surface area contributed by atoms with Gasteiger partial charge < -0.3 is 125 Å². The molecule has 5 aliphatic rings. The number of carbonyl (C=O) groups is 19. The third-order valence-electron chi connectivity index (χ3n) is 18.5. The average molecular weight is 2130 g/mol. The third kappa shape index (κ3) is 84.1. The predicted octanol–water partition coefficient (Wildman–Crippen LogP) is 12.6. The molecule has 45 nitrogen and oxygen atoms in total. The summed E-state index contributed by atoms with van der Waals surface area (Å²) in [5, 5.41) is 50.8. The van der Waals surface area contributed by atoms with E-state index in [4.69, 9.17) is 127 Å². The molecule has 5 aliphatic heterocycles. The van der Waals surface area contributed by atoms with Crippen LogP contribution in [0, 0.1) is 6.92 Å². The lowest BCUT2D eigenvalue weighted by Gasteiger charge is -2.27. The van der Waals surface area contributed by atoms with Gasteiger partial charge in [0.2, 0.25) is 6.10 Å². The average Bonchev–Trinajstić information content (AvgIpc) is 1.76. The van der Waals surface area contributed by atoms with Crippen LogP contribution in [-0.2, 0) is 198 Å². The van der Waals surface area contributed by atoms with Crippen molar-refractivity contribution in [3.63, 3.8) is 0 Å². The fourth-order valence-electron chi connectivity index (χ4n) is 12.5. The van der Waals surface area contributed by atoms with Crippen molar-refractivity contribution >= 4 is 141 Å². The first kappa shape index (κ1) is 139. The van der Waals surface area contributed by atoms with Gasteiger partial charge in [-0.05, 0) is 125 Å². The topological polar surface area (TPSA) is 630 Å². The molecular weight excluding hydrogens is 1970 g/mol. The van der Waals surface area contributed by atoms with Gasteiger partial charge in [0.25, 0.3) is 0 Å². The molecule has 5 fully saturated rings. The van der Waals surface area contributed by atoms with E-state index in [0.29, 0.717) is 105 Å². The quantitative estimate of drug-likeness (QED) is 0.0142. The van der Waals surface area contributed by atoms with Gasteiger partial charge in [-0.1, -0.05) is 0 Å². The summed E-state index contributed by atoms with van der Waals surface area (Å²) < 4.78 is 111. The SMILES string of the molecule is CC(C)OC(=O)CCC(=O)CCC(=O)OC(C)C.CC(C)OC(=O)CCC(=O)CCC(=O)OC(C)C.CC(C)OC(=O)CCC1(CCC(=O)O)OCCO1.CC(C)OC(=O)CCC1(CCC(=O)OC(C)C)OCCO1.CC(C)OC(=O)CCC1(CCC(=O)OC(C)C)OCCO1.O=C(O)CCC(=O)CCC(=O)O.O=C(O)CCC1(CCC(=O)O)OCCO1.[3H][P+](P)=S.[CH2+]C(C)OC(=O)CCC1(CCC(=O)O)OCCO1. The van der Waals surface area contributed by atoms with E-state index in [1.165, 1.54) is 0 Å². The Morgan fingerprint density at radius 3 is 0.465 bits per heavy atom. The number of aliphatic carboxylic acids is 6. The van der Waals surface area contributed by atoms with Crippen molar-refractivity contribution in [1.29, 1.82) is 1.28 Å². The largest absolute Gasteiger partial charge is 0.481 e. The van der Waals surface area contributed by atoms with Gasteiger partial charge in [-0.25, -0.2) is 0 Å². The van der Waals surface area contributed by atoms with E-state index in [2.05, 4.69) is 27.7 Å². The van der Waals surface area contributed by atoms with E-state index in [1.807, 2.05) is 0 Å². The van der Waals surface area contributed by atoms with Crippen molar-refractivity contribution in [2.24, 2.45) is 0 Å². The van der Waals surface area contributed by atoms with Gasteiger partial charge in [-0.3, -0.25) is 91.1 Å². The molecule has 0 amide bonds. The Kier molecular flexibility index (Phi) is 78.2. The summed E-state index contributed by atoms with van der Waals surface area (Å²) in [6.07, 6.45) is 2.15. The number of carboxylic acid groups (broad SMARTS) is 6. The number of Topliss-reactive ketones (excluding diaryl/α,β-unsaturated/α-hetero) is 3. The van der Waals surface area contributed by atoms with Crippen molar-refractivity contribution in [2.45, 2.75) is 427 Å². The minimum Gasteiger partial charge on any atom is -0.481 e. The Bertz CT molecular complexity index is 3510. The molecule has 5 heterocycles. The van der Waals surface area contributed by atoms with Crippen molar-refractivity contribution < 1.29 is 216 Å². The molecule has 6 N–H and O–H groups in total. The molecule has 0 aromatic rings. The van der Waals surface area contributed by atoms with Crippen LogP contribution in [0.25, 0.3) is 0 Å². The van der Waals surface area contributed by atoms with Crippen molar-refractivity contribution in [2.75, 3.05) is 66.1 Å². The lowest BCUT2D eigenvalue weighted by Crippen LogP contribution is -2.32. The van der Waals surface area contributed by atoms with E-state index >= 15 is 0 Å². The first-order chi connectivity index (χ1) is 67.4. The van der Waals surface area contributed by atoms with Gasteiger partial charge >= 0.3 is 96.8 Å². The maximum Gasteiger partial charge on any atom is 0.355 e. The van der Waals surface area contributed by atoms with Crippen LogP contribution in [0.15, 0.2) is 0 Å². The second-order valence-corrected chi connectivity index (χ2v) is 38.0. The Labute approximate surface area is 854 Å². The number of esters is 10. The van der Waals surface area contributed by atoms with Gasteiger partial charge in [0.15, 0.2) is 47.7 Å². The molecule has 48 heteroatoms. The zero-order valence-corrected chi connectivity index (χ0v) is 90.1. The van der Waals surface area contributed by atoms with Crippen molar-refractivity contribution in [3.05, 3.63) is 6.92 Å². The molecule has 0 radical (unpaired) electrons. The summed E-state index contributed by atoms with van der Waals surface area (Å²) >= 11 is 4.31. The Morgan fingerprint density at radius 2 is 0.347 bits per heavy atom. The number of rotatable bonds is 58. The first-order valence-corrected chi connectivity index (χ1v) is 51.7. The number of ketones is 3. The fraction of sp³-hybridized carbons (Fsp3) is 0.792. The number of hydrogen-bond acceptors (Lipinski definition) is 40. The highest BCUT2D eigenvalue weighted by molar-refractivity contribution is 8.24. The van der Waals surface area contributed by atoms with Crippen molar-refractivity contribution in [3.8, 4) is 0 Å². The molecular formula is C96H162O45P2S+2. The molecule has 0 spiro atoms. The summed E-state index contributed by atoms with van der Waals surface area (Å²) in [7, 11) is 2.20. The van der Waals surface area contributed by atoms with E-state index in [-0.39, 0.29) is 299 Å².